The monoisotopic (exact) mass is 641 g/mol. The molecule has 2 fully saturated rings. The Kier molecular flexibility index (Phi) is 9.06. The van der Waals surface area contributed by atoms with Gasteiger partial charge in [0.2, 0.25) is 0 Å². The lowest BCUT2D eigenvalue weighted by atomic mass is 9.89. The predicted octanol–water partition coefficient (Wildman–Crippen LogP) is 3.56. The lowest BCUT2D eigenvalue weighted by Gasteiger charge is -2.45. The van der Waals surface area contributed by atoms with Gasteiger partial charge in [-0.2, -0.15) is 18.3 Å². The number of carbonyl (C=O) groups excluding carboxylic acids is 1. The molecule has 1 aromatic rings. The number of aromatic nitrogens is 2. The molecule has 2 unspecified atom stereocenters. The molecule has 0 spiro atoms. The van der Waals surface area contributed by atoms with Crippen LogP contribution in [0.15, 0.2) is 51.6 Å². The molecule has 44 heavy (non-hydrogen) atoms. The molecule has 2 aliphatic heterocycles. The first kappa shape index (κ1) is 33.6. The van der Waals surface area contributed by atoms with Crippen molar-refractivity contribution in [1.82, 2.24) is 24.3 Å². The number of rotatable bonds is 10. The van der Waals surface area contributed by atoms with Crippen molar-refractivity contribution in [1.29, 1.82) is 0 Å². The van der Waals surface area contributed by atoms with E-state index in [0.29, 0.717) is 24.2 Å². The van der Waals surface area contributed by atoms with Gasteiger partial charge in [0.25, 0.3) is 15.9 Å². The van der Waals surface area contributed by atoms with Crippen molar-refractivity contribution >= 4 is 22.1 Å². The smallest absolute Gasteiger partial charge is 0.397 e. The topological polar surface area (TPSA) is 135 Å². The van der Waals surface area contributed by atoms with Crippen LogP contribution in [0, 0.1) is 24.2 Å². The number of sulfonamides is 1. The second kappa shape index (κ2) is 11.9. The summed E-state index contributed by atoms with van der Waals surface area (Å²) in [6, 6.07) is 0. The average molecular weight is 642 g/mol. The molecule has 1 amide bonds. The van der Waals surface area contributed by atoms with Gasteiger partial charge < -0.3 is 15.4 Å². The number of likely N-dealkylation sites (tertiary alicyclic amines) is 1. The first-order valence-electron chi connectivity index (χ1n) is 14.5. The van der Waals surface area contributed by atoms with Gasteiger partial charge in [0, 0.05) is 44.7 Å². The lowest BCUT2D eigenvalue weighted by molar-refractivity contribution is -0.198. The Balaban J connectivity index is 1.60. The molecule has 1 aromatic heterocycles. The van der Waals surface area contributed by atoms with Crippen LogP contribution in [0.1, 0.15) is 52.7 Å². The molecule has 1 aliphatic carbocycles. The van der Waals surface area contributed by atoms with Crippen molar-refractivity contribution in [3.05, 3.63) is 47.4 Å². The third kappa shape index (κ3) is 6.82. The van der Waals surface area contributed by atoms with Crippen molar-refractivity contribution in [2.75, 3.05) is 20.2 Å². The number of hydrogen-bond donors (Lipinski definition) is 2. The summed E-state index contributed by atoms with van der Waals surface area (Å²) in [5, 5.41) is 4.08. The van der Waals surface area contributed by atoms with Gasteiger partial charge in [-0.3, -0.25) is 14.4 Å². The minimum atomic E-state index is -4.35. The number of aryl methyl sites for hydroxylation is 2. The summed E-state index contributed by atoms with van der Waals surface area (Å²) in [5.41, 5.74) is 4.10. The highest BCUT2D eigenvalue weighted by Gasteiger charge is 2.64. The summed E-state index contributed by atoms with van der Waals surface area (Å²) in [5.74, 6) is 0.181. The number of halogens is 3. The van der Waals surface area contributed by atoms with Gasteiger partial charge in [-0.05, 0) is 64.0 Å². The highest BCUT2D eigenvalue weighted by molar-refractivity contribution is 7.90. The Morgan fingerprint density at radius 1 is 1.27 bits per heavy atom. The number of alkyl halides is 3. The normalized spacial score (nSPS) is 24.1. The number of hydrogen-bond acceptors (Lipinski definition) is 9. The number of aliphatic imine (C=N–C) groups is 1. The number of ether oxygens (including phenoxy) is 1. The van der Waals surface area contributed by atoms with Crippen molar-refractivity contribution in [3.63, 3.8) is 0 Å². The van der Waals surface area contributed by atoms with Gasteiger partial charge in [-0.1, -0.05) is 13.8 Å². The van der Waals surface area contributed by atoms with Gasteiger partial charge in [0.05, 0.1) is 11.3 Å². The van der Waals surface area contributed by atoms with Crippen LogP contribution in [0.3, 0.4) is 0 Å². The lowest BCUT2D eigenvalue weighted by Crippen LogP contribution is -2.56. The van der Waals surface area contributed by atoms with Crippen LogP contribution >= 0.6 is 0 Å². The Labute approximate surface area is 256 Å². The fourth-order valence-electron chi connectivity index (χ4n) is 5.80. The van der Waals surface area contributed by atoms with Gasteiger partial charge in [0.1, 0.15) is 28.9 Å². The Hall–Kier alpha value is -3.33. The van der Waals surface area contributed by atoms with Crippen LogP contribution in [0.2, 0.25) is 0 Å². The van der Waals surface area contributed by atoms with Gasteiger partial charge >= 0.3 is 6.18 Å². The standard InChI is InChI=1S/C29H42F3N7O4S/c1-18(2)20-14-27(4,5)39(15-20)26-21(25(40)36-44(41,42)22-16-37(6)35-19(22)3)8-9-24(38(26)7)34-13-10-23(33)43-17-28(11-12-28)29(30,31)32/h8-10,13,16,18,20,26H,11-12,14-15,17,33H2,1-7H3,(H,36,40). The highest BCUT2D eigenvalue weighted by Crippen LogP contribution is 2.57. The van der Waals surface area contributed by atoms with Crippen LogP contribution in [0.25, 0.3) is 0 Å². The quantitative estimate of drug-likeness (QED) is 0.293. The van der Waals surface area contributed by atoms with E-state index in [1.165, 1.54) is 23.2 Å². The maximum absolute atomic E-state index is 13.7. The van der Waals surface area contributed by atoms with E-state index in [-0.39, 0.29) is 40.4 Å². The van der Waals surface area contributed by atoms with E-state index in [1.807, 2.05) is 0 Å². The average Bonchev–Trinajstić information content (AvgIpc) is 3.53. The number of amides is 1. The minimum Gasteiger partial charge on any atom is -0.478 e. The van der Waals surface area contributed by atoms with Crippen molar-refractivity contribution in [3.8, 4) is 0 Å². The maximum atomic E-state index is 13.7. The number of allylic oxidation sites excluding steroid dienone is 3. The summed E-state index contributed by atoms with van der Waals surface area (Å²) in [6.45, 7) is 10.1. The largest absolute Gasteiger partial charge is 0.478 e. The number of nitrogens with zero attached hydrogens (tertiary/aromatic N) is 5. The number of nitrogens with one attached hydrogen (secondary N) is 1. The highest BCUT2D eigenvalue weighted by atomic mass is 32.2. The zero-order valence-corrected chi connectivity index (χ0v) is 27.0. The molecule has 2 atom stereocenters. The summed E-state index contributed by atoms with van der Waals surface area (Å²) in [6.07, 6.45) is 2.91. The number of nitrogens with two attached hydrogens (primary N) is 1. The summed E-state index contributed by atoms with van der Waals surface area (Å²) in [7, 11) is -0.871. The van der Waals surface area contributed by atoms with Crippen LogP contribution in [-0.2, 0) is 26.6 Å². The Bertz CT molecular complexity index is 1500. The first-order chi connectivity index (χ1) is 20.3. The van der Waals surface area contributed by atoms with Crippen LogP contribution in [-0.4, -0.2) is 78.2 Å². The second-order valence-electron chi connectivity index (χ2n) is 12.9. The van der Waals surface area contributed by atoms with Crippen LogP contribution in [0.4, 0.5) is 13.2 Å². The van der Waals surface area contributed by atoms with Crippen LogP contribution in [0.5, 0.6) is 0 Å². The molecule has 0 aromatic carbocycles. The molecule has 3 aliphatic rings. The van der Waals surface area contributed by atoms with E-state index in [1.54, 1.807) is 38.1 Å². The van der Waals surface area contributed by atoms with Gasteiger partial charge in [-0.15, -0.1) is 0 Å². The van der Waals surface area contributed by atoms with Crippen molar-refractivity contribution in [2.24, 2.45) is 35.0 Å². The molecule has 11 nitrogen and oxygen atoms in total. The summed E-state index contributed by atoms with van der Waals surface area (Å²) >= 11 is 0. The van der Waals surface area contributed by atoms with E-state index < -0.39 is 40.3 Å². The van der Waals surface area contributed by atoms with Crippen molar-refractivity contribution in [2.45, 2.75) is 76.7 Å². The molecule has 0 radical (unpaired) electrons. The van der Waals surface area contributed by atoms with E-state index in [4.69, 9.17) is 10.5 Å². The van der Waals surface area contributed by atoms with Crippen molar-refractivity contribution < 1.29 is 31.1 Å². The Morgan fingerprint density at radius 2 is 1.93 bits per heavy atom. The molecular formula is C29H42F3N7O4S. The minimum absolute atomic E-state index is 0.00679. The molecule has 1 saturated carbocycles. The van der Waals surface area contributed by atoms with E-state index in [9.17, 15) is 26.4 Å². The maximum Gasteiger partial charge on any atom is 0.397 e. The molecule has 3 N–H and O–H groups in total. The second-order valence-corrected chi connectivity index (χ2v) is 14.6. The van der Waals surface area contributed by atoms with Gasteiger partial charge in [-0.25, -0.2) is 18.1 Å². The van der Waals surface area contributed by atoms with Gasteiger partial charge in [0.15, 0.2) is 5.88 Å². The van der Waals surface area contributed by atoms with E-state index in [2.05, 4.69) is 47.4 Å². The predicted molar refractivity (Wildman–Crippen MR) is 159 cm³/mol. The molecule has 0 bridgehead atoms. The zero-order valence-electron chi connectivity index (χ0n) is 26.1. The van der Waals surface area contributed by atoms with E-state index >= 15 is 0 Å². The molecule has 15 heteroatoms. The van der Waals surface area contributed by atoms with Crippen LogP contribution < -0.4 is 10.5 Å². The first-order valence-corrected chi connectivity index (χ1v) is 15.9. The summed E-state index contributed by atoms with van der Waals surface area (Å²) < 4.78 is 74.7. The van der Waals surface area contributed by atoms with E-state index in [0.717, 1.165) is 6.42 Å². The third-order valence-corrected chi connectivity index (χ3v) is 10.2. The molecule has 244 valence electrons. The third-order valence-electron chi connectivity index (χ3n) is 8.79. The molecule has 1 saturated heterocycles. The molecule has 4 rings (SSSR count). The zero-order chi connectivity index (χ0) is 32.8. The molecule has 3 heterocycles. The Morgan fingerprint density at radius 3 is 2.45 bits per heavy atom. The fraction of sp³-hybridized carbons (Fsp3) is 0.621. The number of carbonyl (C=O) groups is 1. The molecular weight excluding hydrogens is 599 g/mol. The summed E-state index contributed by atoms with van der Waals surface area (Å²) in [4.78, 5) is 21.9. The SMILES string of the molecule is Cc1nn(C)cc1S(=O)(=O)NC(=O)C1=CC=C(N=CC=C(N)OCC2(C(F)(F)F)CC2)N(C)C1N1CC(C(C)C)CC1(C)C. The number of likely N-dealkylation sites (N-methyl/N-ethyl adjacent to an activating group) is 1. The fourth-order valence-corrected chi connectivity index (χ4v) is 6.99.